The number of amides is 1. The van der Waals surface area contributed by atoms with Crippen molar-refractivity contribution in [1.29, 1.82) is 0 Å². The van der Waals surface area contributed by atoms with Gasteiger partial charge in [-0.05, 0) is 43.9 Å². The Labute approximate surface area is 148 Å². The Bertz CT molecular complexity index is 590. The van der Waals surface area contributed by atoms with E-state index in [2.05, 4.69) is 4.90 Å². The average Bonchev–Trinajstić information content (AvgIpc) is 2.67. The lowest BCUT2D eigenvalue weighted by Gasteiger charge is -2.37. The summed E-state index contributed by atoms with van der Waals surface area (Å²) in [5.74, 6) is -0.400. The van der Waals surface area contributed by atoms with Gasteiger partial charge >= 0.3 is 0 Å². The zero-order valence-corrected chi connectivity index (χ0v) is 14.9. The van der Waals surface area contributed by atoms with Gasteiger partial charge in [0.15, 0.2) is 11.6 Å². The highest BCUT2D eigenvalue weighted by Gasteiger charge is 2.28. The van der Waals surface area contributed by atoms with Crippen molar-refractivity contribution in [3.8, 4) is 5.75 Å². The minimum Gasteiger partial charge on any atom is -0.494 e. The van der Waals surface area contributed by atoms with E-state index in [4.69, 9.17) is 9.47 Å². The van der Waals surface area contributed by atoms with Gasteiger partial charge in [0.05, 0.1) is 20.3 Å². The molecule has 0 aromatic heterocycles. The second kappa shape index (κ2) is 8.63. The van der Waals surface area contributed by atoms with Crippen LogP contribution in [0.1, 0.15) is 36.0 Å². The van der Waals surface area contributed by atoms with Crippen LogP contribution in [0.2, 0.25) is 0 Å². The maximum absolute atomic E-state index is 14.0. The number of morpholine rings is 1. The summed E-state index contributed by atoms with van der Waals surface area (Å²) in [6.45, 7) is 5.24. The molecule has 0 spiro atoms. The number of hydrogen-bond acceptors (Lipinski definition) is 4. The highest BCUT2D eigenvalue weighted by atomic mass is 19.1. The maximum Gasteiger partial charge on any atom is 0.254 e. The molecule has 1 aromatic carbocycles. The molecule has 2 aliphatic heterocycles. The van der Waals surface area contributed by atoms with Gasteiger partial charge in [-0.1, -0.05) is 0 Å². The first kappa shape index (κ1) is 18.1. The fraction of sp³-hybridized carbons (Fsp3) is 0.632. The Morgan fingerprint density at radius 1 is 1.28 bits per heavy atom. The molecule has 1 aromatic rings. The predicted molar refractivity (Wildman–Crippen MR) is 93.5 cm³/mol. The van der Waals surface area contributed by atoms with Crippen LogP contribution in [0.3, 0.4) is 0 Å². The Morgan fingerprint density at radius 2 is 2.08 bits per heavy atom. The third-order valence-electron chi connectivity index (χ3n) is 5.17. The first-order valence-electron chi connectivity index (χ1n) is 9.13. The lowest BCUT2D eigenvalue weighted by molar-refractivity contribution is 0.0295. The maximum atomic E-state index is 14.0. The van der Waals surface area contributed by atoms with Gasteiger partial charge in [-0.2, -0.15) is 0 Å². The highest BCUT2D eigenvalue weighted by molar-refractivity contribution is 5.94. The summed E-state index contributed by atoms with van der Waals surface area (Å²) in [4.78, 5) is 17.2. The molecule has 0 bridgehead atoms. The number of nitrogens with zero attached hydrogens (tertiary/aromatic N) is 2. The van der Waals surface area contributed by atoms with Gasteiger partial charge in [0.2, 0.25) is 0 Å². The van der Waals surface area contributed by atoms with Crippen LogP contribution in [0.25, 0.3) is 0 Å². The van der Waals surface area contributed by atoms with E-state index in [9.17, 15) is 9.18 Å². The second-order valence-corrected chi connectivity index (χ2v) is 6.74. The molecule has 2 fully saturated rings. The van der Waals surface area contributed by atoms with Gasteiger partial charge in [0.25, 0.3) is 5.91 Å². The zero-order chi connectivity index (χ0) is 17.6. The van der Waals surface area contributed by atoms with Crippen LogP contribution in [0.15, 0.2) is 18.2 Å². The van der Waals surface area contributed by atoms with Gasteiger partial charge in [0, 0.05) is 37.8 Å². The van der Waals surface area contributed by atoms with E-state index in [1.165, 1.54) is 19.2 Å². The number of hydrogen-bond donors (Lipinski definition) is 0. The van der Waals surface area contributed by atoms with Crippen molar-refractivity contribution >= 4 is 5.91 Å². The van der Waals surface area contributed by atoms with E-state index < -0.39 is 5.82 Å². The van der Waals surface area contributed by atoms with Gasteiger partial charge in [-0.3, -0.25) is 9.69 Å². The highest BCUT2D eigenvalue weighted by Crippen LogP contribution is 2.24. The standard InChI is InChI=1S/C19H27FN2O3/c1-24-18-6-5-15(14-17(18)20)19(23)22-8-3-2-4-16(22)7-9-21-10-12-25-13-11-21/h5-6,14,16H,2-4,7-13H2,1H3. The van der Waals surface area contributed by atoms with E-state index in [1.807, 2.05) is 4.90 Å². The van der Waals surface area contributed by atoms with E-state index >= 15 is 0 Å². The van der Waals surface area contributed by atoms with Crippen molar-refractivity contribution in [3.05, 3.63) is 29.6 Å². The Balaban J connectivity index is 1.64. The fourth-order valence-corrected chi connectivity index (χ4v) is 3.69. The summed E-state index contributed by atoms with van der Waals surface area (Å²) < 4.78 is 24.3. The summed E-state index contributed by atoms with van der Waals surface area (Å²) in [7, 11) is 1.42. The molecule has 5 nitrogen and oxygen atoms in total. The molecule has 1 unspecified atom stereocenters. The number of carbonyl (C=O) groups is 1. The smallest absolute Gasteiger partial charge is 0.254 e. The van der Waals surface area contributed by atoms with Crippen LogP contribution >= 0.6 is 0 Å². The van der Waals surface area contributed by atoms with Crippen LogP contribution in [0.5, 0.6) is 5.75 Å². The molecule has 0 saturated carbocycles. The van der Waals surface area contributed by atoms with Crippen molar-refractivity contribution in [2.75, 3.05) is 46.5 Å². The van der Waals surface area contributed by atoms with Crippen LogP contribution in [0.4, 0.5) is 4.39 Å². The fourth-order valence-electron chi connectivity index (χ4n) is 3.69. The summed E-state index contributed by atoms with van der Waals surface area (Å²) in [5, 5.41) is 0. The Kier molecular flexibility index (Phi) is 6.26. The molecule has 0 aliphatic carbocycles. The number of likely N-dealkylation sites (tertiary alicyclic amines) is 1. The summed E-state index contributed by atoms with van der Waals surface area (Å²) in [6.07, 6.45) is 4.14. The van der Waals surface area contributed by atoms with Crippen LogP contribution in [0, 0.1) is 5.82 Å². The number of methoxy groups -OCH3 is 1. The number of ether oxygens (including phenoxy) is 2. The number of benzene rings is 1. The Hall–Kier alpha value is -1.66. The molecule has 25 heavy (non-hydrogen) atoms. The molecule has 3 rings (SSSR count). The van der Waals surface area contributed by atoms with Crippen molar-refractivity contribution in [2.24, 2.45) is 0 Å². The molecule has 6 heteroatoms. The van der Waals surface area contributed by atoms with Crippen LogP contribution in [-0.4, -0.2) is 68.3 Å². The monoisotopic (exact) mass is 350 g/mol. The van der Waals surface area contributed by atoms with Crippen molar-refractivity contribution < 1.29 is 18.7 Å². The van der Waals surface area contributed by atoms with Gasteiger partial charge in [-0.25, -0.2) is 4.39 Å². The van der Waals surface area contributed by atoms with Crippen molar-refractivity contribution in [2.45, 2.75) is 31.7 Å². The van der Waals surface area contributed by atoms with Gasteiger partial charge in [0.1, 0.15) is 0 Å². The third-order valence-corrected chi connectivity index (χ3v) is 5.17. The molecule has 2 aliphatic rings. The molecule has 1 amide bonds. The SMILES string of the molecule is COc1ccc(C(=O)N2CCCCC2CCN2CCOCC2)cc1F. The first-order valence-corrected chi connectivity index (χ1v) is 9.13. The summed E-state index contributed by atoms with van der Waals surface area (Å²) in [5.41, 5.74) is 0.400. The van der Waals surface area contributed by atoms with Crippen molar-refractivity contribution in [3.63, 3.8) is 0 Å². The third kappa shape index (κ3) is 4.50. The van der Waals surface area contributed by atoms with E-state index in [1.54, 1.807) is 6.07 Å². The lowest BCUT2D eigenvalue weighted by atomic mass is 9.97. The lowest BCUT2D eigenvalue weighted by Crippen LogP contribution is -2.46. The molecule has 138 valence electrons. The quantitative estimate of drug-likeness (QED) is 0.818. The zero-order valence-electron chi connectivity index (χ0n) is 14.9. The minimum atomic E-state index is -0.491. The second-order valence-electron chi connectivity index (χ2n) is 6.74. The molecular formula is C19H27FN2O3. The molecule has 2 heterocycles. The first-order chi connectivity index (χ1) is 12.2. The van der Waals surface area contributed by atoms with Crippen LogP contribution in [-0.2, 0) is 4.74 Å². The largest absolute Gasteiger partial charge is 0.494 e. The van der Waals surface area contributed by atoms with E-state index in [0.29, 0.717) is 5.56 Å². The number of carbonyl (C=O) groups excluding carboxylic acids is 1. The molecule has 0 radical (unpaired) electrons. The van der Waals surface area contributed by atoms with E-state index in [-0.39, 0.29) is 17.7 Å². The molecule has 0 N–H and O–H groups in total. The predicted octanol–water partition coefficient (Wildman–Crippen LogP) is 2.55. The van der Waals surface area contributed by atoms with Gasteiger partial charge in [-0.15, -0.1) is 0 Å². The topological polar surface area (TPSA) is 42.0 Å². The number of piperidine rings is 1. The summed E-state index contributed by atoms with van der Waals surface area (Å²) >= 11 is 0. The molecule has 1 atom stereocenters. The van der Waals surface area contributed by atoms with Gasteiger partial charge < -0.3 is 14.4 Å². The minimum absolute atomic E-state index is 0.0757. The summed E-state index contributed by atoms with van der Waals surface area (Å²) in [6, 6.07) is 4.69. The van der Waals surface area contributed by atoms with Crippen LogP contribution < -0.4 is 4.74 Å². The Morgan fingerprint density at radius 3 is 2.80 bits per heavy atom. The number of rotatable bonds is 5. The number of halogens is 1. The van der Waals surface area contributed by atoms with Crippen molar-refractivity contribution in [1.82, 2.24) is 9.80 Å². The normalized spacial score (nSPS) is 22.0. The molecule has 2 saturated heterocycles. The molecular weight excluding hydrogens is 323 g/mol. The van der Waals surface area contributed by atoms with E-state index in [0.717, 1.165) is 65.1 Å². The average molecular weight is 350 g/mol.